The van der Waals surface area contributed by atoms with Crippen molar-refractivity contribution in [3.63, 3.8) is 0 Å². The zero-order valence-corrected chi connectivity index (χ0v) is 13.6. The Morgan fingerprint density at radius 1 is 0.696 bits per heavy atom. The van der Waals surface area contributed by atoms with E-state index in [0.29, 0.717) is 0 Å². The highest BCUT2D eigenvalue weighted by atomic mass is 16.5. The van der Waals surface area contributed by atoms with Crippen LogP contribution in [0.5, 0.6) is 11.5 Å². The summed E-state index contributed by atoms with van der Waals surface area (Å²) in [6.07, 6.45) is 0. The van der Waals surface area contributed by atoms with Crippen LogP contribution in [-0.4, -0.2) is 14.2 Å². The van der Waals surface area contributed by atoms with E-state index >= 15 is 0 Å². The predicted molar refractivity (Wildman–Crippen MR) is 90.4 cm³/mol. The Bertz CT molecular complexity index is 707. The number of aryl methyl sites for hydroxylation is 1. The smallest absolute Gasteiger partial charge is 0.118 e. The van der Waals surface area contributed by atoms with Gasteiger partial charge in [0.1, 0.15) is 23.0 Å². The fourth-order valence-corrected chi connectivity index (χ4v) is 2.72. The van der Waals surface area contributed by atoms with Gasteiger partial charge in [0, 0.05) is 0 Å². The van der Waals surface area contributed by atoms with Gasteiger partial charge in [0.2, 0.25) is 0 Å². The summed E-state index contributed by atoms with van der Waals surface area (Å²) in [6, 6.07) is 20.2. The van der Waals surface area contributed by atoms with Crippen LogP contribution >= 0.6 is 0 Å². The molecule has 118 valence electrons. The van der Waals surface area contributed by atoms with Crippen LogP contribution in [0.4, 0.5) is 0 Å². The maximum absolute atomic E-state index is 5.91. The lowest BCUT2D eigenvalue weighted by Gasteiger charge is -2.17. The highest BCUT2D eigenvalue weighted by molar-refractivity contribution is 5.43. The molecule has 0 N–H and O–H groups in total. The number of hydrogen-bond acceptors (Lipinski definition) is 3. The fraction of sp³-hybridized carbons (Fsp3) is 0.200. The molecule has 2 aromatic carbocycles. The molecule has 0 fully saturated rings. The van der Waals surface area contributed by atoms with Crippen molar-refractivity contribution in [2.24, 2.45) is 0 Å². The van der Waals surface area contributed by atoms with Gasteiger partial charge in [0.15, 0.2) is 0 Å². The first-order chi connectivity index (χ1) is 11.2. The highest BCUT2D eigenvalue weighted by Crippen LogP contribution is 2.34. The second-order valence-corrected chi connectivity index (χ2v) is 5.43. The van der Waals surface area contributed by atoms with Gasteiger partial charge in [-0.1, -0.05) is 24.3 Å². The quantitative estimate of drug-likeness (QED) is 0.679. The molecule has 0 aliphatic carbocycles. The number of benzene rings is 2. The van der Waals surface area contributed by atoms with Crippen molar-refractivity contribution >= 4 is 0 Å². The van der Waals surface area contributed by atoms with Crippen molar-refractivity contribution in [1.82, 2.24) is 0 Å². The summed E-state index contributed by atoms with van der Waals surface area (Å²) in [4.78, 5) is 0. The minimum absolute atomic E-state index is 0.0421. The molecule has 0 spiro atoms. The first-order valence-corrected chi connectivity index (χ1v) is 7.55. The van der Waals surface area contributed by atoms with Gasteiger partial charge in [0.05, 0.1) is 20.1 Å². The number of hydrogen-bond donors (Lipinski definition) is 0. The molecule has 3 rings (SSSR count). The Labute approximate surface area is 136 Å². The molecule has 1 heterocycles. The van der Waals surface area contributed by atoms with Gasteiger partial charge in [-0.15, -0.1) is 0 Å². The molecule has 0 atom stereocenters. The van der Waals surface area contributed by atoms with E-state index in [1.165, 1.54) is 0 Å². The third-order valence-electron chi connectivity index (χ3n) is 3.94. The molecule has 3 nitrogen and oxygen atoms in total. The summed E-state index contributed by atoms with van der Waals surface area (Å²) < 4.78 is 16.4. The summed E-state index contributed by atoms with van der Waals surface area (Å²) in [5, 5.41) is 0. The molecule has 23 heavy (non-hydrogen) atoms. The van der Waals surface area contributed by atoms with Gasteiger partial charge < -0.3 is 13.9 Å². The summed E-state index contributed by atoms with van der Waals surface area (Å²) >= 11 is 0. The maximum Gasteiger partial charge on any atom is 0.118 e. The first-order valence-electron chi connectivity index (χ1n) is 7.55. The molecular weight excluding hydrogens is 288 g/mol. The zero-order chi connectivity index (χ0) is 16.2. The lowest BCUT2D eigenvalue weighted by molar-refractivity contribution is 0.414. The van der Waals surface area contributed by atoms with Crippen LogP contribution in [-0.2, 0) is 0 Å². The number of methoxy groups -OCH3 is 2. The van der Waals surface area contributed by atoms with E-state index in [4.69, 9.17) is 13.9 Å². The molecule has 0 aliphatic heterocycles. The van der Waals surface area contributed by atoms with E-state index in [1.807, 2.05) is 43.3 Å². The van der Waals surface area contributed by atoms with E-state index < -0.39 is 0 Å². The van der Waals surface area contributed by atoms with E-state index in [1.54, 1.807) is 14.2 Å². The van der Waals surface area contributed by atoms with Gasteiger partial charge in [0.25, 0.3) is 0 Å². The minimum atomic E-state index is 0.0421. The summed E-state index contributed by atoms with van der Waals surface area (Å²) in [7, 11) is 3.34. The third kappa shape index (κ3) is 3.24. The normalized spacial score (nSPS) is 10.8. The number of rotatable bonds is 5. The van der Waals surface area contributed by atoms with Crippen LogP contribution in [0.3, 0.4) is 0 Å². The third-order valence-corrected chi connectivity index (χ3v) is 3.94. The van der Waals surface area contributed by atoms with Crippen LogP contribution in [0.1, 0.15) is 28.6 Å². The number of furan rings is 1. The molecule has 0 bridgehead atoms. The van der Waals surface area contributed by atoms with Crippen molar-refractivity contribution in [2.75, 3.05) is 14.2 Å². The Balaban J connectivity index is 2.05. The second-order valence-electron chi connectivity index (χ2n) is 5.43. The molecule has 0 amide bonds. The molecule has 3 aromatic rings. The molecule has 0 unspecified atom stereocenters. The average molecular weight is 308 g/mol. The molecule has 1 aromatic heterocycles. The van der Waals surface area contributed by atoms with Crippen molar-refractivity contribution in [2.45, 2.75) is 12.8 Å². The average Bonchev–Trinajstić information content (AvgIpc) is 3.02. The molecule has 0 radical (unpaired) electrons. The Morgan fingerprint density at radius 2 is 1.17 bits per heavy atom. The Hall–Kier alpha value is -2.68. The van der Waals surface area contributed by atoms with Crippen molar-refractivity contribution in [3.8, 4) is 11.5 Å². The zero-order valence-electron chi connectivity index (χ0n) is 13.6. The van der Waals surface area contributed by atoms with Crippen molar-refractivity contribution < 1.29 is 13.9 Å². The number of ether oxygens (including phenoxy) is 2. The summed E-state index contributed by atoms with van der Waals surface area (Å²) in [5.74, 6) is 3.57. The first kappa shape index (κ1) is 15.2. The monoisotopic (exact) mass is 308 g/mol. The topological polar surface area (TPSA) is 31.6 Å². The SMILES string of the molecule is COc1ccc(C(c2ccc(OC)cc2)c2ccc(C)o2)cc1. The van der Waals surface area contributed by atoms with Crippen LogP contribution in [0.15, 0.2) is 65.1 Å². The van der Waals surface area contributed by atoms with Gasteiger partial charge in [-0.05, 0) is 54.4 Å². The van der Waals surface area contributed by atoms with Gasteiger partial charge >= 0.3 is 0 Å². The molecule has 0 saturated carbocycles. The van der Waals surface area contributed by atoms with Crippen molar-refractivity contribution in [1.29, 1.82) is 0 Å². The summed E-state index contributed by atoms with van der Waals surface area (Å²) in [6.45, 7) is 1.96. The maximum atomic E-state index is 5.91. The van der Waals surface area contributed by atoms with E-state index in [-0.39, 0.29) is 5.92 Å². The largest absolute Gasteiger partial charge is 0.497 e. The van der Waals surface area contributed by atoms with E-state index in [2.05, 4.69) is 24.3 Å². The fourth-order valence-electron chi connectivity index (χ4n) is 2.72. The molecular formula is C20H20O3. The molecule has 0 aliphatic rings. The Morgan fingerprint density at radius 3 is 1.52 bits per heavy atom. The Kier molecular flexibility index (Phi) is 4.38. The molecule has 3 heteroatoms. The molecule has 0 saturated heterocycles. The van der Waals surface area contributed by atoms with Crippen LogP contribution in [0.2, 0.25) is 0 Å². The van der Waals surface area contributed by atoms with E-state index in [9.17, 15) is 0 Å². The summed E-state index contributed by atoms with van der Waals surface area (Å²) in [5.41, 5.74) is 2.32. The van der Waals surface area contributed by atoms with Crippen LogP contribution < -0.4 is 9.47 Å². The van der Waals surface area contributed by atoms with Crippen molar-refractivity contribution in [3.05, 3.63) is 83.3 Å². The van der Waals surface area contributed by atoms with Gasteiger partial charge in [-0.2, -0.15) is 0 Å². The second kappa shape index (κ2) is 6.61. The van der Waals surface area contributed by atoms with Gasteiger partial charge in [-0.25, -0.2) is 0 Å². The standard InChI is InChI=1S/C20H20O3/c1-14-4-13-19(23-14)20(15-5-9-17(21-2)10-6-15)16-7-11-18(22-3)12-8-16/h4-13,20H,1-3H3. The lowest BCUT2D eigenvalue weighted by Crippen LogP contribution is -2.02. The van der Waals surface area contributed by atoms with E-state index in [0.717, 1.165) is 34.1 Å². The van der Waals surface area contributed by atoms with Crippen LogP contribution in [0, 0.1) is 6.92 Å². The lowest BCUT2D eigenvalue weighted by atomic mass is 9.89. The predicted octanol–water partition coefficient (Wildman–Crippen LogP) is 4.79. The highest BCUT2D eigenvalue weighted by Gasteiger charge is 2.20. The van der Waals surface area contributed by atoms with Gasteiger partial charge in [-0.3, -0.25) is 0 Å². The van der Waals surface area contributed by atoms with Crippen LogP contribution in [0.25, 0.3) is 0 Å². The minimum Gasteiger partial charge on any atom is -0.497 e.